The Hall–Kier alpha value is -2.50. The Morgan fingerprint density at radius 3 is 2.81 bits per heavy atom. The van der Waals surface area contributed by atoms with E-state index in [0.29, 0.717) is 41.2 Å². The van der Waals surface area contributed by atoms with E-state index in [1.54, 1.807) is 6.07 Å². The average molecular weight is 349 g/mol. The number of anilines is 1. The van der Waals surface area contributed by atoms with Gasteiger partial charge in [-0.25, -0.2) is 4.98 Å². The predicted octanol–water partition coefficient (Wildman–Crippen LogP) is 2.76. The summed E-state index contributed by atoms with van der Waals surface area (Å²) in [7, 11) is 0. The van der Waals surface area contributed by atoms with Crippen LogP contribution in [0, 0.1) is 45.6 Å². The number of pyridine rings is 1. The third-order valence-electron chi connectivity index (χ3n) is 7.42. The summed E-state index contributed by atoms with van der Waals surface area (Å²) in [6.07, 6.45) is 12.5. The summed E-state index contributed by atoms with van der Waals surface area (Å²) >= 11 is 0. The van der Waals surface area contributed by atoms with Crippen LogP contribution in [0.4, 0.5) is 11.5 Å². The van der Waals surface area contributed by atoms with Gasteiger partial charge in [0.05, 0.1) is 11.0 Å². The summed E-state index contributed by atoms with van der Waals surface area (Å²) in [5.41, 5.74) is -0.00902. The molecular formula is C20H19N3O3. The number of allylic oxidation sites excluding steroid dienone is 3. The van der Waals surface area contributed by atoms with Crippen LogP contribution >= 0.6 is 0 Å². The molecule has 1 saturated carbocycles. The van der Waals surface area contributed by atoms with Gasteiger partial charge in [0, 0.05) is 23.9 Å². The summed E-state index contributed by atoms with van der Waals surface area (Å²) in [4.78, 5) is 30.7. The molecule has 5 aliphatic rings. The first-order valence-corrected chi connectivity index (χ1v) is 9.42. The first kappa shape index (κ1) is 14.6. The number of piperidine rings is 1. The van der Waals surface area contributed by atoms with Gasteiger partial charge in [0.1, 0.15) is 12.0 Å². The zero-order valence-electron chi connectivity index (χ0n) is 14.1. The standard InChI is InChI=1S/C20H19N3O3/c24-20-17-11-5-4-10(8-11)16(17)18-13-2-1-3-14(13)19(20)22(18)15-7-6-12(9-21-15)23(25)26/h1-2,4-7,9-11,13-14,16-19H,3,8H2. The normalized spacial score (nSPS) is 43.8. The molecule has 3 aliphatic carbocycles. The maximum Gasteiger partial charge on any atom is 0.287 e. The van der Waals surface area contributed by atoms with E-state index in [1.807, 2.05) is 0 Å². The number of Topliss-reactive ketones (excluding diaryl/α,β-unsaturated/α-hetero) is 1. The lowest BCUT2D eigenvalue weighted by molar-refractivity contribution is -0.385. The van der Waals surface area contributed by atoms with Gasteiger partial charge in [-0.05, 0) is 42.6 Å². The Bertz CT molecular complexity index is 877. The molecule has 2 saturated heterocycles. The molecule has 8 unspecified atom stereocenters. The van der Waals surface area contributed by atoms with Gasteiger partial charge in [-0.1, -0.05) is 24.3 Å². The van der Waals surface area contributed by atoms with Crippen LogP contribution in [0.2, 0.25) is 0 Å². The zero-order valence-corrected chi connectivity index (χ0v) is 14.1. The van der Waals surface area contributed by atoms with Crippen molar-refractivity contribution in [3.8, 4) is 0 Å². The maximum atomic E-state index is 13.5. The van der Waals surface area contributed by atoms with Crippen LogP contribution in [-0.4, -0.2) is 27.8 Å². The maximum absolute atomic E-state index is 13.5. The molecule has 1 aromatic rings. The van der Waals surface area contributed by atoms with E-state index in [4.69, 9.17) is 0 Å². The van der Waals surface area contributed by atoms with Gasteiger partial charge in [0.25, 0.3) is 5.69 Å². The van der Waals surface area contributed by atoms with Crippen molar-refractivity contribution in [2.75, 3.05) is 4.90 Å². The van der Waals surface area contributed by atoms with Crippen molar-refractivity contribution in [3.05, 3.63) is 52.7 Å². The van der Waals surface area contributed by atoms with Crippen LogP contribution in [0.15, 0.2) is 42.6 Å². The van der Waals surface area contributed by atoms with E-state index >= 15 is 0 Å². The van der Waals surface area contributed by atoms with Crippen LogP contribution < -0.4 is 4.90 Å². The molecule has 0 amide bonds. The van der Waals surface area contributed by atoms with E-state index in [0.717, 1.165) is 12.8 Å². The molecule has 3 fully saturated rings. The van der Waals surface area contributed by atoms with Gasteiger partial charge >= 0.3 is 0 Å². The molecule has 0 spiro atoms. The van der Waals surface area contributed by atoms with Gasteiger partial charge in [-0.2, -0.15) is 0 Å². The minimum Gasteiger partial charge on any atom is -0.342 e. The van der Waals surface area contributed by atoms with Gasteiger partial charge < -0.3 is 4.90 Å². The lowest BCUT2D eigenvalue weighted by Gasteiger charge is -2.46. The molecular weight excluding hydrogens is 330 g/mol. The number of aromatic nitrogens is 1. The average Bonchev–Trinajstić information content (AvgIpc) is 3.39. The highest BCUT2D eigenvalue weighted by molar-refractivity contribution is 5.94. The summed E-state index contributed by atoms with van der Waals surface area (Å²) in [5, 5.41) is 11.0. The van der Waals surface area contributed by atoms with Crippen LogP contribution in [0.5, 0.6) is 0 Å². The van der Waals surface area contributed by atoms with Gasteiger partial charge in [0.15, 0.2) is 5.78 Å². The number of hydrogen-bond acceptors (Lipinski definition) is 5. The monoisotopic (exact) mass is 349 g/mol. The second-order valence-corrected chi connectivity index (χ2v) is 8.33. The van der Waals surface area contributed by atoms with Crippen LogP contribution in [0.3, 0.4) is 0 Å². The highest BCUT2D eigenvalue weighted by Gasteiger charge is 2.66. The fourth-order valence-electron chi connectivity index (χ4n) is 6.62. The fourth-order valence-corrected chi connectivity index (χ4v) is 6.62. The van der Waals surface area contributed by atoms with Crippen molar-refractivity contribution < 1.29 is 9.72 Å². The SMILES string of the molecule is O=C1C2C3C=CC(C3)C2C2C3C=CCC3C1N2c1ccc([N+](=O)[O-])cn1. The summed E-state index contributed by atoms with van der Waals surface area (Å²) in [6.45, 7) is 0. The first-order chi connectivity index (χ1) is 12.6. The lowest BCUT2D eigenvalue weighted by Crippen LogP contribution is -2.57. The Labute approximate surface area is 150 Å². The van der Waals surface area contributed by atoms with E-state index in [-0.39, 0.29) is 23.7 Å². The van der Waals surface area contributed by atoms with Crippen LogP contribution in [-0.2, 0) is 4.79 Å². The second kappa shape index (κ2) is 4.81. The number of carbonyl (C=O) groups excluding carboxylic acids is 1. The van der Waals surface area contributed by atoms with Crippen LogP contribution in [0.25, 0.3) is 0 Å². The summed E-state index contributed by atoms with van der Waals surface area (Å²) in [5.74, 6) is 3.21. The van der Waals surface area contributed by atoms with Crippen LogP contribution in [0.1, 0.15) is 12.8 Å². The molecule has 2 aliphatic heterocycles. The number of ketones is 1. The van der Waals surface area contributed by atoms with E-state index in [1.165, 1.54) is 12.3 Å². The number of hydrogen-bond donors (Lipinski definition) is 0. The van der Waals surface area contributed by atoms with Crippen molar-refractivity contribution in [1.29, 1.82) is 0 Å². The molecule has 4 bridgehead atoms. The third kappa shape index (κ3) is 1.63. The molecule has 6 heteroatoms. The smallest absolute Gasteiger partial charge is 0.287 e. The molecule has 0 aromatic carbocycles. The molecule has 6 nitrogen and oxygen atoms in total. The van der Waals surface area contributed by atoms with E-state index in [9.17, 15) is 14.9 Å². The third-order valence-corrected chi connectivity index (χ3v) is 7.42. The Balaban J connectivity index is 1.47. The number of nitro groups is 1. The quantitative estimate of drug-likeness (QED) is 0.466. The predicted molar refractivity (Wildman–Crippen MR) is 94.4 cm³/mol. The minimum absolute atomic E-state index is 0.00902. The van der Waals surface area contributed by atoms with Gasteiger partial charge in [-0.3, -0.25) is 14.9 Å². The summed E-state index contributed by atoms with van der Waals surface area (Å²) < 4.78 is 0. The molecule has 3 heterocycles. The summed E-state index contributed by atoms with van der Waals surface area (Å²) in [6, 6.07) is 3.37. The fraction of sp³-hybridized carbons (Fsp3) is 0.500. The molecule has 1 aromatic heterocycles. The number of rotatable bonds is 2. The lowest BCUT2D eigenvalue weighted by atomic mass is 9.72. The second-order valence-electron chi connectivity index (χ2n) is 8.33. The minimum atomic E-state index is -0.430. The highest BCUT2D eigenvalue weighted by atomic mass is 16.6. The molecule has 6 rings (SSSR count). The van der Waals surface area contributed by atoms with E-state index in [2.05, 4.69) is 34.2 Å². The van der Waals surface area contributed by atoms with Gasteiger partial charge in [-0.15, -0.1) is 0 Å². The van der Waals surface area contributed by atoms with E-state index < -0.39 is 4.92 Å². The zero-order chi connectivity index (χ0) is 17.6. The molecule has 26 heavy (non-hydrogen) atoms. The van der Waals surface area contributed by atoms with Gasteiger partial charge in [0.2, 0.25) is 0 Å². The number of fused-ring (bicyclic) bond motifs is 11. The highest BCUT2D eigenvalue weighted by Crippen LogP contribution is 2.61. The largest absolute Gasteiger partial charge is 0.342 e. The molecule has 8 atom stereocenters. The van der Waals surface area contributed by atoms with Crippen molar-refractivity contribution >= 4 is 17.3 Å². The molecule has 0 N–H and O–H groups in total. The topological polar surface area (TPSA) is 76.3 Å². The van der Waals surface area contributed by atoms with Crippen molar-refractivity contribution in [2.24, 2.45) is 35.5 Å². The molecule has 132 valence electrons. The number of nitrogens with zero attached hydrogens (tertiary/aromatic N) is 3. The number of carbonyl (C=O) groups is 1. The Morgan fingerprint density at radius 1 is 1.19 bits per heavy atom. The van der Waals surface area contributed by atoms with Crippen molar-refractivity contribution in [1.82, 2.24) is 4.98 Å². The molecule has 0 radical (unpaired) electrons. The van der Waals surface area contributed by atoms with Crippen molar-refractivity contribution in [3.63, 3.8) is 0 Å². The first-order valence-electron chi connectivity index (χ1n) is 9.42. The Kier molecular flexibility index (Phi) is 2.71. The van der Waals surface area contributed by atoms with Crippen molar-refractivity contribution in [2.45, 2.75) is 24.9 Å². The Morgan fingerprint density at radius 2 is 2.04 bits per heavy atom.